The molecule has 0 unspecified atom stereocenters. The molecule has 144 valence electrons. The van der Waals surface area contributed by atoms with Crippen LogP contribution < -0.4 is 19.7 Å². The quantitative estimate of drug-likeness (QED) is 0.796. The maximum Gasteiger partial charge on any atom is 0.317 e. The van der Waals surface area contributed by atoms with E-state index in [2.05, 4.69) is 22.3 Å². The van der Waals surface area contributed by atoms with Crippen molar-refractivity contribution in [1.29, 1.82) is 0 Å². The number of methoxy groups -OCH3 is 1. The number of anilines is 1. The molecule has 0 bridgehead atoms. The number of carbonyl (C=O) groups excluding carboxylic acids is 1. The molecule has 1 N–H and O–H groups in total. The zero-order chi connectivity index (χ0) is 19.1. The molecule has 0 saturated carbocycles. The Bertz CT molecular complexity index is 741. The van der Waals surface area contributed by atoms with Gasteiger partial charge in [-0.2, -0.15) is 0 Å². The van der Waals surface area contributed by atoms with Crippen LogP contribution in [0, 0.1) is 6.92 Å². The van der Waals surface area contributed by atoms with E-state index >= 15 is 0 Å². The van der Waals surface area contributed by atoms with E-state index in [1.54, 1.807) is 7.11 Å². The van der Waals surface area contributed by atoms with E-state index in [1.165, 1.54) is 0 Å². The minimum Gasteiger partial charge on any atom is -0.497 e. The Kier molecular flexibility index (Phi) is 6.41. The van der Waals surface area contributed by atoms with E-state index in [0.29, 0.717) is 26.2 Å². The highest BCUT2D eigenvalue weighted by Gasteiger charge is 2.21. The number of rotatable bonds is 6. The second-order valence-corrected chi connectivity index (χ2v) is 6.52. The average molecular weight is 369 g/mol. The van der Waals surface area contributed by atoms with Gasteiger partial charge in [0.2, 0.25) is 0 Å². The molecule has 0 atom stereocenters. The molecule has 2 aromatic rings. The second-order valence-electron chi connectivity index (χ2n) is 6.52. The number of carbonyl (C=O) groups is 1. The number of piperazine rings is 1. The Balaban J connectivity index is 1.38. The smallest absolute Gasteiger partial charge is 0.317 e. The van der Waals surface area contributed by atoms with Crippen molar-refractivity contribution in [3.05, 3.63) is 54.1 Å². The molecule has 1 aliphatic rings. The highest BCUT2D eigenvalue weighted by Crippen LogP contribution is 2.20. The van der Waals surface area contributed by atoms with Crippen LogP contribution in [-0.4, -0.2) is 57.4 Å². The first-order chi connectivity index (χ1) is 13.2. The summed E-state index contributed by atoms with van der Waals surface area (Å²) in [4.78, 5) is 16.5. The van der Waals surface area contributed by atoms with Crippen molar-refractivity contribution in [2.75, 3.05) is 51.3 Å². The van der Waals surface area contributed by atoms with Gasteiger partial charge in [-0.25, -0.2) is 4.79 Å². The second kappa shape index (κ2) is 9.16. The highest BCUT2D eigenvalue weighted by atomic mass is 16.5. The Morgan fingerprint density at radius 1 is 1.04 bits per heavy atom. The summed E-state index contributed by atoms with van der Waals surface area (Å²) in [5, 5.41) is 2.94. The van der Waals surface area contributed by atoms with Crippen molar-refractivity contribution in [1.82, 2.24) is 10.2 Å². The molecule has 2 amide bonds. The van der Waals surface area contributed by atoms with Gasteiger partial charge < -0.3 is 24.6 Å². The third kappa shape index (κ3) is 5.06. The number of benzene rings is 2. The molecule has 0 aliphatic carbocycles. The highest BCUT2D eigenvalue weighted by molar-refractivity contribution is 5.74. The summed E-state index contributed by atoms with van der Waals surface area (Å²) in [7, 11) is 1.67. The Hall–Kier alpha value is -2.89. The van der Waals surface area contributed by atoms with E-state index in [9.17, 15) is 4.79 Å². The minimum atomic E-state index is -0.0298. The summed E-state index contributed by atoms with van der Waals surface area (Å²) in [6.45, 7) is 6.01. The fourth-order valence-electron chi connectivity index (χ4n) is 3.11. The number of para-hydroxylation sites is 1. The SMILES string of the molecule is COc1ccc(N2CCN(C(=O)NCCOc3ccccc3C)CC2)cc1. The predicted molar refractivity (Wildman–Crippen MR) is 107 cm³/mol. The largest absolute Gasteiger partial charge is 0.497 e. The van der Waals surface area contributed by atoms with Gasteiger partial charge in [0, 0.05) is 31.9 Å². The van der Waals surface area contributed by atoms with Crippen LogP contribution in [0.2, 0.25) is 0 Å². The number of aryl methyl sites for hydroxylation is 1. The van der Waals surface area contributed by atoms with Crippen LogP contribution in [0.5, 0.6) is 11.5 Å². The molecule has 1 heterocycles. The number of nitrogens with one attached hydrogen (secondary N) is 1. The number of hydrogen-bond acceptors (Lipinski definition) is 4. The first-order valence-electron chi connectivity index (χ1n) is 9.27. The zero-order valence-corrected chi connectivity index (χ0v) is 16.0. The lowest BCUT2D eigenvalue weighted by atomic mass is 10.2. The molecule has 6 heteroatoms. The fraction of sp³-hybridized carbons (Fsp3) is 0.381. The van der Waals surface area contributed by atoms with Crippen LogP contribution in [-0.2, 0) is 0 Å². The Morgan fingerprint density at radius 2 is 1.74 bits per heavy atom. The summed E-state index contributed by atoms with van der Waals surface area (Å²) < 4.78 is 10.9. The zero-order valence-electron chi connectivity index (χ0n) is 16.0. The summed E-state index contributed by atoms with van der Waals surface area (Å²) in [5.41, 5.74) is 2.25. The van der Waals surface area contributed by atoms with E-state index in [4.69, 9.17) is 9.47 Å². The standard InChI is InChI=1S/C21H27N3O3/c1-17-5-3-4-6-20(17)27-16-11-22-21(25)24-14-12-23(13-15-24)18-7-9-19(26-2)10-8-18/h3-10H,11-16H2,1-2H3,(H,22,25). The summed E-state index contributed by atoms with van der Waals surface area (Å²) in [6.07, 6.45) is 0. The Labute approximate surface area is 160 Å². The molecule has 3 rings (SSSR count). The fourth-order valence-corrected chi connectivity index (χ4v) is 3.11. The molecule has 27 heavy (non-hydrogen) atoms. The third-order valence-corrected chi connectivity index (χ3v) is 4.73. The van der Waals surface area contributed by atoms with Gasteiger partial charge in [-0.3, -0.25) is 0 Å². The topological polar surface area (TPSA) is 54.0 Å². The summed E-state index contributed by atoms with van der Waals surface area (Å²) in [6, 6.07) is 15.9. The molecule has 1 saturated heterocycles. The summed E-state index contributed by atoms with van der Waals surface area (Å²) in [5.74, 6) is 1.71. The Morgan fingerprint density at radius 3 is 2.41 bits per heavy atom. The first kappa shape index (κ1) is 18.9. The van der Waals surface area contributed by atoms with Gasteiger partial charge in [0.05, 0.1) is 13.7 Å². The van der Waals surface area contributed by atoms with Crippen LogP contribution >= 0.6 is 0 Å². The van der Waals surface area contributed by atoms with Crippen molar-refractivity contribution >= 4 is 11.7 Å². The predicted octanol–water partition coefficient (Wildman–Crippen LogP) is 2.91. The molecule has 6 nitrogen and oxygen atoms in total. The molecule has 0 aromatic heterocycles. The van der Waals surface area contributed by atoms with Gasteiger partial charge in [-0.15, -0.1) is 0 Å². The van der Waals surface area contributed by atoms with Crippen LogP contribution in [0.15, 0.2) is 48.5 Å². The molecule has 0 radical (unpaired) electrons. The monoisotopic (exact) mass is 369 g/mol. The van der Waals surface area contributed by atoms with Gasteiger partial charge in [0.25, 0.3) is 0 Å². The minimum absolute atomic E-state index is 0.0298. The average Bonchev–Trinajstić information content (AvgIpc) is 2.72. The van der Waals surface area contributed by atoms with Crippen molar-refractivity contribution in [3.63, 3.8) is 0 Å². The number of urea groups is 1. The molecular weight excluding hydrogens is 342 g/mol. The van der Waals surface area contributed by atoms with E-state index in [0.717, 1.165) is 35.8 Å². The van der Waals surface area contributed by atoms with Gasteiger partial charge in [0.1, 0.15) is 18.1 Å². The van der Waals surface area contributed by atoms with Crippen molar-refractivity contribution in [2.24, 2.45) is 0 Å². The number of hydrogen-bond donors (Lipinski definition) is 1. The lowest BCUT2D eigenvalue weighted by Crippen LogP contribution is -2.52. The van der Waals surface area contributed by atoms with Gasteiger partial charge in [-0.1, -0.05) is 18.2 Å². The number of ether oxygens (including phenoxy) is 2. The summed E-state index contributed by atoms with van der Waals surface area (Å²) >= 11 is 0. The lowest BCUT2D eigenvalue weighted by molar-refractivity contribution is 0.191. The number of nitrogens with zero attached hydrogens (tertiary/aromatic N) is 2. The van der Waals surface area contributed by atoms with E-state index < -0.39 is 0 Å². The maximum absolute atomic E-state index is 12.3. The van der Waals surface area contributed by atoms with Gasteiger partial charge in [-0.05, 0) is 42.8 Å². The van der Waals surface area contributed by atoms with Gasteiger partial charge >= 0.3 is 6.03 Å². The van der Waals surface area contributed by atoms with Crippen molar-refractivity contribution in [2.45, 2.75) is 6.92 Å². The molecule has 1 fully saturated rings. The van der Waals surface area contributed by atoms with Crippen LogP contribution in [0.1, 0.15) is 5.56 Å². The van der Waals surface area contributed by atoms with Crippen molar-refractivity contribution < 1.29 is 14.3 Å². The third-order valence-electron chi connectivity index (χ3n) is 4.73. The first-order valence-corrected chi connectivity index (χ1v) is 9.27. The molecular formula is C21H27N3O3. The molecule has 2 aromatic carbocycles. The van der Waals surface area contributed by atoms with Crippen LogP contribution in [0.4, 0.5) is 10.5 Å². The van der Waals surface area contributed by atoms with Crippen LogP contribution in [0.3, 0.4) is 0 Å². The number of amides is 2. The molecule has 1 aliphatic heterocycles. The molecule has 0 spiro atoms. The van der Waals surface area contributed by atoms with Crippen molar-refractivity contribution in [3.8, 4) is 11.5 Å². The van der Waals surface area contributed by atoms with E-state index in [1.807, 2.05) is 48.2 Å². The van der Waals surface area contributed by atoms with Gasteiger partial charge in [0.15, 0.2) is 0 Å². The van der Waals surface area contributed by atoms with Crippen LogP contribution in [0.25, 0.3) is 0 Å². The van der Waals surface area contributed by atoms with E-state index in [-0.39, 0.29) is 6.03 Å². The maximum atomic E-state index is 12.3. The normalized spacial score (nSPS) is 14.0. The lowest BCUT2D eigenvalue weighted by Gasteiger charge is -2.36.